The number of hydrogen-bond donors (Lipinski definition) is 0. The van der Waals surface area contributed by atoms with Crippen LogP contribution in [0.15, 0.2) is 48.5 Å². The molecule has 0 heterocycles. The van der Waals surface area contributed by atoms with Crippen LogP contribution in [0.2, 0.25) is 5.02 Å². The molecule has 0 amide bonds. The Morgan fingerprint density at radius 1 is 1.16 bits per heavy atom. The standard InChI is InChI=1S/C16H15ClO2/c1-11-5-3-8-15(9-11)19-12(2)16(18)13-6-4-7-14(17)10-13/h3-10,12H,1-2H3. The summed E-state index contributed by atoms with van der Waals surface area (Å²) in [6.07, 6.45) is -0.541. The predicted molar refractivity (Wildman–Crippen MR) is 77.1 cm³/mol. The molecule has 19 heavy (non-hydrogen) atoms. The quantitative estimate of drug-likeness (QED) is 0.777. The zero-order valence-electron chi connectivity index (χ0n) is 10.9. The lowest BCUT2D eigenvalue weighted by Gasteiger charge is -2.14. The SMILES string of the molecule is Cc1cccc(OC(C)C(=O)c2cccc(Cl)c2)c1. The molecule has 2 aromatic rings. The van der Waals surface area contributed by atoms with Crippen molar-refractivity contribution in [2.45, 2.75) is 20.0 Å². The Morgan fingerprint density at radius 2 is 1.89 bits per heavy atom. The number of ketones is 1. The van der Waals surface area contributed by atoms with E-state index in [1.807, 2.05) is 31.2 Å². The van der Waals surface area contributed by atoms with E-state index in [1.165, 1.54) is 0 Å². The Hall–Kier alpha value is -1.80. The summed E-state index contributed by atoms with van der Waals surface area (Å²) in [5.74, 6) is 0.617. The smallest absolute Gasteiger partial charge is 0.203 e. The van der Waals surface area contributed by atoms with Gasteiger partial charge in [0, 0.05) is 10.6 Å². The van der Waals surface area contributed by atoms with E-state index in [4.69, 9.17) is 16.3 Å². The van der Waals surface area contributed by atoms with E-state index >= 15 is 0 Å². The van der Waals surface area contributed by atoms with Crippen LogP contribution in [0.25, 0.3) is 0 Å². The third-order valence-electron chi connectivity index (χ3n) is 2.78. The topological polar surface area (TPSA) is 26.3 Å². The van der Waals surface area contributed by atoms with Gasteiger partial charge in [-0.05, 0) is 43.7 Å². The zero-order valence-corrected chi connectivity index (χ0v) is 11.6. The van der Waals surface area contributed by atoms with Crippen LogP contribution in [-0.2, 0) is 0 Å². The molecular formula is C16H15ClO2. The molecule has 2 aromatic carbocycles. The second-order valence-corrected chi connectivity index (χ2v) is 4.89. The summed E-state index contributed by atoms with van der Waals surface area (Å²) in [6.45, 7) is 3.72. The number of rotatable bonds is 4. The largest absolute Gasteiger partial charge is 0.483 e. The molecule has 0 saturated heterocycles. The number of carbonyl (C=O) groups is 1. The summed E-state index contributed by atoms with van der Waals surface area (Å²) < 4.78 is 5.66. The van der Waals surface area contributed by atoms with E-state index < -0.39 is 6.10 Å². The second-order valence-electron chi connectivity index (χ2n) is 4.45. The number of aryl methyl sites for hydroxylation is 1. The molecule has 0 aliphatic rings. The normalized spacial score (nSPS) is 11.9. The van der Waals surface area contributed by atoms with Gasteiger partial charge in [0.1, 0.15) is 5.75 Å². The highest BCUT2D eigenvalue weighted by atomic mass is 35.5. The van der Waals surface area contributed by atoms with Crippen molar-refractivity contribution in [1.29, 1.82) is 0 Å². The van der Waals surface area contributed by atoms with Crippen LogP contribution < -0.4 is 4.74 Å². The Morgan fingerprint density at radius 3 is 2.58 bits per heavy atom. The van der Waals surface area contributed by atoms with Gasteiger partial charge in [-0.25, -0.2) is 0 Å². The van der Waals surface area contributed by atoms with Crippen LogP contribution in [-0.4, -0.2) is 11.9 Å². The lowest BCUT2D eigenvalue weighted by Crippen LogP contribution is -2.23. The van der Waals surface area contributed by atoms with Gasteiger partial charge in [0.25, 0.3) is 0 Å². The lowest BCUT2D eigenvalue weighted by atomic mass is 10.1. The van der Waals surface area contributed by atoms with Gasteiger partial charge in [-0.15, -0.1) is 0 Å². The first-order valence-electron chi connectivity index (χ1n) is 6.09. The maximum absolute atomic E-state index is 12.2. The Bertz CT molecular complexity index is 593. The van der Waals surface area contributed by atoms with Crippen molar-refractivity contribution in [2.24, 2.45) is 0 Å². The highest BCUT2D eigenvalue weighted by Gasteiger charge is 2.17. The van der Waals surface area contributed by atoms with Crippen molar-refractivity contribution in [3.8, 4) is 5.75 Å². The van der Waals surface area contributed by atoms with Crippen LogP contribution in [0, 0.1) is 6.92 Å². The molecule has 0 spiro atoms. The molecule has 0 N–H and O–H groups in total. The minimum Gasteiger partial charge on any atom is -0.483 e. The molecule has 0 aliphatic carbocycles. The minimum absolute atomic E-state index is 0.0796. The fourth-order valence-electron chi connectivity index (χ4n) is 1.82. The maximum Gasteiger partial charge on any atom is 0.203 e. The molecule has 0 saturated carbocycles. The summed E-state index contributed by atoms with van der Waals surface area (Å²) in [7, 11) is 0. The molecule has 1 atom stereocenters. The molecule has 0 bridgehead atoms. The van der Waals surface area contributed by atoms with Gasteiger partial charge in [0.2, 0.25) is 5.78 Å². The van der Waals surface area contributed by atoms with Crippen LogP contribution in [0.5, 0.6) is 5.75 Å². The lowest BCUT2D eigenvalue weighted by molar-refractivity contribution is 0.0818. The molecule has 1 unspecified atom stereocenters. The first-order valence-corrected chi connectivity index (χ1v) is 6.47. The maximum atomic E-state index is 12.2. The molecule has 0 fully saturated rings. The first-order chi connectivity index (χ1) is 9.06. The average molecular weight is 275 g/mol. The molecule has 0 aromatic heterocycles. The number of carbonyl (C=O) groups excluding carboxylic acids is 1. The third kappa shape index (κ3) is 3.58. The van der Waals surface area contributed by atoms with Crippen molar-refractivity contribution in [1.82, 2.24) is 0 Å². The minimum atomic E-state index is -0.541. The van der Waals surface area contributed by atoms with Crippen molar-refractivity contribution in [3.63, 3.8) is 0 Å². The summed E-state index contributed by atoms with van der Waals surface area (Å²) in [6, 6.07) is 14.5. The Kier molecular flexibility index (Phi) is 4.23. The van der Waals surface area contributed by atoms with Crippen LogP contribution >= 0.6 is 11.6 Å². The summed E-state index contributed by atoms with van der Waals surface area (Å²) in [4.78, 5) is 12.2. The van der Waals surface area contributed by atoms with Gasteiger partial charge in [-0.2, -0.15) is 0 Å². The van der Waals surface area contributed by atoms with Gasteiger partial charge in [-0.1, -0.05) is 35.9 Å². The number of Topliss-reactive ketones (excluding diaryl/α,β-unsaturated/α-hetero) is 1. The first kappa shape index (κ1) is 13.6. The van der Waals surface area contributed by atoms with Gasteiger partial charge in [-0.3, -0.25) is 4.79 Å². The Balaban J connectivity index is 2.12. The zero-order chi connectivity index (χ0) is 13.8. The number of hydrogen-bond acceptors (Lipinski definition) is 2. The highest BCUT2D eigenvalue weighted by molar-refractivity contribution is 6.31. The van der Waals surface area contributed by atoms with Crippen molar-refractivity contribution in [3.05, 3.63) is 64.7 Å². The highest BCUT2D eigenvalue weighted by Crippen LogP contribution is 2.17. The Labute approximate surface area is 118 Å². The summed E-state index contributed by atoms with van der Waals surface area (Å²) >= 11 is 5.88. The molecule has 0 aliphatic heterocycles. The van der Waals surface area contributed by atoms with Gasteiger partial charge >= 0.3 is 0 Å². The molecule has 98 valence electrons. The van der Waals surface area contributed by atoms with Crippen molar-refractivity contribution < 1.29 is 9.53 Å². The number of ether oxygens (including phenoxy) is 1. The molecule has 0 radical (unpaired) electrons. The molecular weight excluding hydrogens is 260 g/mol. The summed E-state index contributed by atoms with van der Waals surface area (Å²) in [5.41, 5.74) is 1.66. The van der Waals surface area contributed by atoms with Crippen molar-refractivity contribution >= 4 is 17.4 Å². The fourth-order valence-corrected chi connectivity index (χ4v) is 2.01. The number of halogens is 1. The molecule has 3 heteroatoms. The van der Waals surface area contributed by atoms with Crippen LogP contribution in [0.3, 0.4) is 0 Å². The van der Waals surface area contributed by atoms with E-state index in [1.54, 1.807) is 31.2 Å². The summed E-state index contributed by atoms with van der Waals surface area (Å²) in [5, 5.41) is 0.550. The van der Waals surface area contributed by atoms with Gasteiger partial charge < -0.3 is 4.74 Å². The van der Waals surface area contributed by atoms with Gasteiger partial charge in [0.15, 0.2) is 6.10 Å². The van der Waals surface area contributed by atoms with E-state index in [9.17, 15) is 4.79 Å². The van der Waals surface area contributed by atoms with Gasteiger partial charge in [0.05, 0.1) is 0 Å². The van der Waals surface area contributed by atoms with E-state index in [0.717, 1.165) is 5.56 Å². The monoisotopic (exact) mass is 274 g/mol. The van der Waals surface area contributed by atoms with E-state index in [0.29, 0.717) is 16.3 Å². The van der Waals surface area contributed by atoms with Crippen molar-refractivity contribution in [2.75, 3.05) is 0 Å². The number of benzene rings is 2. The predicted octanol–water partition coefficient (Wildman–Crippen LogP) is 4.30. The third-order valence-corrected chi connectivity index (χ3v) is 3.02. The molecule has 2 rings (SSSR count). The average Bonchev–Trinajstić information content (AvgIpc) is 2.38. The fraction of sp³-hybridized carbons (Fsp3) is 0.188. The van der Waals surface area contributed by atoms with E-state index in [2.05, 4.69) is 0 Å². The van der Waals surface area contributed by atoms with Crippen LogP contribution in [0.1, 0.15) is 22.8 Å². The second kappa shape index (κ2) is 5.89. The van der Waals surface area contributed by atoms with Crippen LogP contribution in [0.4, 0.5) is 0 Å². The molecule has 2 nitrogen and oxygen atoms in total. The van der Waals surface area contributed by atoms with E-state index in [-0.39, 0.29) is 5.78 Å².